The quantitative estimate of drug-likeness (QED) is 0.853. The Hall–Kier alpha value is -2.57. The smallest absolute Gasteiger partial charge is 0.251 e. The van der Waals surface area contributed by atoms with Gasteiger partial charge in [0.1, 0.15) is 0 Å². The molecule has 2 aromatic rings. The number of rotatable bonds is 5. The van der Waals surface area contributed by atoms with Crippen LogP contribution in [-0.4, -0.2) is 48.4 Å². The largest absolute Gasteiger partial charge is 0.454 e. The number of β-amino-alcohol motifs (C(OH)–C–C–N with tert-alkyl or cyclic N) is 1. The predicted molar refractivity (Wildman–Crippen MR) is 96.3 cm³/mol. The monoisotopic (exact) mass is 354 g/mol. The van der Waals surface area contributed by atoms with Gasteiger partial charge in [-0.3, -0.25) is 9.69 Å². The zero-order valence-corrected chi connectivity index (χ0v) is 14.5. The van der Waals surface area contributed by atoms with Crippen LogP contribution in [0.4, 0.5) is 0 Å². The standard InChI is InChI=1S/C20H22N2O4/c23-17(12-22-8-7-14-3-1-2-4-16(14)11-22)10-21-20(24)15-5-6-18-19(9-15)26-13-25-18/h1-6,9,17,23H,7-8,10-13H2,(H,21,24)/t17-/m0/s1. The van der Waals surface area contributed by atoms with Gasteiger partial charge in [-0.1, -0.05) is 24.3 Å². The summed E-state index contributed by atoms with van der Waals surface area (Å²) in [5.74, 6) is 0.989. The minimum atomic E-state index is -0.613. The van der Waals surface area contributed by atoms with Crippen LogP contribution in [0.1, 0.15) is 21.5 Å². The minimum absolute atomic E-state index is 0.179. The molecule has 0 unspecified atom stereocenters. The molecule has 2 aromatic carbocycles. The molecule has 0 saturated carbocycles. The molecule has 0 spiro atoms. The van der Waals surface area contributed by atoms with Gasteiger partial charge in [-0.25, -0.2) is 0 Å². The summed E-state index contributed by atoms with van der Waals surface area (Å²) in [4.78, 5) is 14.5. The average molecular weight is 354 g/mol. The molecule has 2 aliphatic heterocycles. The summed E-state index contributed by atoms with van der Waals surface area (Å²) in [5.41, 5.74) is 3.19. The van der Waals surface area contributed by atoms with Crippen molar-refractivity contribution in [2.45, 2.75) is 19.1 Å². The Kier molecular flexibility index (Phi) is 4.77. The minimum Gasteiger partial charge on any atom is -0.454 e. The first-order valence-corrected chi connectivity index (χ1v) is 8.84. The fourth-order valence-corrected chi connectivity index (χ4v) is 3.42. The Morgan fingerprint density at radius 1 is 1.15 bits per heavy atom. The highest BCUT2D eigenvalue weighted by Crippen LogP contribution is 2.32. The predicted octanol–water partition coefficient (Wildman–Crippen LogP) is 1.56. The number of nitrogens with zero attached hydrogens (tertiary/aromatic N) is 1. The van der Waals surface area contributed by atoms with Gasteiger partial charge in [-0.05, 0) is 35.7 Å². The maximum Gasteiger partial charge on any atom is 0.251 e. The summed E-state index contributed by atoms with van der Waals surface area (Å²) in [6.45, 7) is 2.69. The first-order chi connectivity index (χ1) is 12.7. The molecule has 0 fully saturated rings. The van der Waals surface area contributed by atoms with Gasteiger partial charge in [0.15, 0.2) is 11.5 Å². The second-order valence-corrected chi connectivity index (χ2v) is 6.69. The molecule has 0 radical (unpaired) electrons. The van der Waals surface area contributed by atoms with Crippen LogP contribution in [-0.2, 0) is 13.0 Å². The Labute approximate surface area is 152 Å². The molecule has 0 bridgehead atoms. The van der Waals surface area contributed by atoms with Gasteiger partial charge >= 0.3 is 0 Å². The molecular formula is C20H22N2O4. The van der Waals surface area contributed by atoms with Crippen molar-refractivity contribution in [2.24, 2.45) is 0 Å². The summed E-state index contributed by atoms with van der Waals surface area (Å²) < 4.78 is 10.5. The zero-order chi connectivity index (χ0) is 17.9. The zero-order valence-electron chi connectivity index (χ0n) is 14.5. The third-order valence-electron chi connectivity index (χ3n) is 4.81. The number of ether oxygens (including phenoxy) is 2. The van der Waals surface area contributed by atoms with Gasteiger partial charge in [0, 0.05) is 31.7 Å². The van der Waals surface area contributed by atoms with E-state index in [0.29, 0.717) is 23.6 Å². The molecule has 1 amide bonds. The van der Waals surface area contributed by atoms with E-state index < -0.39 is 6.10 Å². The van der Waals surface area contributed by atoms with Gasteiger partial charge in [0.05, 0.1) is 6.10 Å². The van der Waals surface area contributed by atoms with Crippen LogP contribution >= 0.6 is 0 Å². The average Bonchev–Trinajstić information content (AvgIpc) is 3.14. The lowest BCUT2D eigenvalue weighted by Gasteiger charge is -2.30. The van der Waals surface area contributed by atoms with E-state index in [-0.39, 0.29) is 19.2 Å². The molecule has 136 valence electrons. The van der Waals surface area contributed by atoms with Crippen molar-refractivity contribution in [3.05, 3.63) is 59.2 Å². The van der Waals surface area contributed by atoms with Crippen LogP contribution in [0.5, 0.6) is 11.5 Å². The number of fused-ring (bicyclic) bond motifs is 2. The molecule has 0 aromatic heterocycles. The van der Waals surface area contributed by atoms with Crippen LogP contribution in [0, 0.1) is 0 Å². The van der Waals surface area contributed by atoms with E-state index >= 15 is 0 Å². The van der Waals surface area contributed by atoms with Crippen molar-refractivity contribution < 1.29 is 19.4 Å². The van der Waals surface area contributed by atoms with E-state index in [2.05, 4.69) is 28.4 Å². The maximum absolute atomic E-state index is 12.3. The van der Waals surface area contributed by atoms with Crippen LogP contribution < -0.4 is 14.8 Å². The second-order valence-electron chi connectivity index (χ2n) is 6.69. The Morgan fingerprint density at radius 3 is 2.85 bits per heavy atom. The van der Waals surface area contributed by atoms with Gasteiger partial charge in [0.2, 0.25) is 6.79 Å². The number of benzene rings is 2. The molecule has 0 saturated heterocycles. The SMILES string of the molecule is O=C(NC[C@H](O)CN1CCc2ccccc2C1)c1ccc2c(c1)OCO2. The number of hydrogen-bond acceptors (Lipinski definition) is 5. The van der Waals surface area contributed by atoms with Gasteiger partial charge in [0.25, 0.3) is 5.91 Å². The number of hydrogen-bond donors (Lipinski definition) is 2. The number of nitrogens with one attached hydrogen (secondary N) is 1. The van der Waals surface area contributed by atoms with Gasteiger partial charge in [-0.15, -0.1) is 0 Å². The molecule has 0 aliphatic carbocycles. The van der Waals surface area contributed by atoms with Crippen molar-refractivity contribution in [1.82, 2.24) is 10.2 Å². The van der Waals surface area contributed by atoms with Crippen molar-refractivity contribution in [2.75, 3.05) is 26.4 Å². The molecule has 2 aliphatic rings. The molecule has 2 heterocycles. The molecule has 6 heteroatoms. The first-order valence-electron chi connectivity index (χ1n) is 8.84. The van der Waals surface area contributed by atoms with E-state index in [9.17, 15) is 9.90 Å². The fourth-order valence-electron chi connectivity index (χ4n) is 3.42. The van der Waals surface area contributed by atoms with Crippen molar-refractivity contribution >= 4 is 5.91 Å². The molecule has 6 nitrogen and oxygen atoms in total. The van der Waals surface area contributed by atoms with Crippen LogP contribution in [0.25, 0.3) is 0 Å². The third kappa shape index (κ3) is 3.66. The second kappa shape index (κ2) is 7.35. The van der Waals surface area contributed by atoms with E-state index in [0.717, 1.165) is 19.5 Å². The third-order valence-corrected chi connectivity index (χ3v) is 4.81. The molecular weight excluding hydrogens is 332 g/mol. The molecule has 26 heavy (non-hydrogen) atoms. The number of carbonyl (C=O) groups excluding carboxylic acids is 1. The van der Waals surface area contributed by atoms with Crippen molar-refractivity contribution in [3.8, 4) is 11.5 Å². The highest BCUT2D eigenvalue weighted by atomic mass is 16.7. The number of carbonyl (C=O) groups is 1. The number of amides is 1. The normalized spacial score (nSPS) is 16.8. The summed E-state index contributed by atoms with van der Waals surface area (Å²) in [7, 11) is 0. The van der Waals surface area contributed by atoms with Crippen LogP contribution in [0.2, 0.25) is 0 Å². The molecule has 4 rings (SSSR count). The Bertz CT molecular complexity index is 808. The van der Waals surface area contributed by atoms with Gasteiger partial charge < -0.3 is 19.9 Å². The lowest BCUT2D eigenvalue weighted by atomic mass is 10.00. The van der Waals surface area contributed by atoms with E-state index in [4.69, 9.17) is 9.47 Å². The van der Waals surface area contributed by atoms with Gasteiger partial charge in [-0.2, -0.15) is 0 Å². The Balaban J connectivity index is 1.28. The topological polar surface area (TPSA) is 71.0 Å². The summed E-state index contributed by atoms with van der Waals surface area (Å²) >= 11 is 0. The van der Waals surface area contributed by atoms with E-state index in [1.54, 1.807) is 18.2 Å². The van der Waals surface area contributed by atoms with Crippen molar-refractivity contribution in [1.29, 1.82) is 0 Å². The number of aliphatic hydroxyl groups is 1. The Morgan fingerprint density at radius 2 is 1.96 bits per heavy atom. The highest BCUT2D eigenvalue weighted by Gasteiger charge is 2.20. The highest BCUT2D eigenvalue weighted by molar-refractivity contribution is 5.94. The number of aliphatic hydroxyl groups excluding tert-OH is 1. The summed E-state index contributed by atoms with van der Waals surface area (Å²) in [6, 6.07) is 13.5. The lowest BCUT2D eigenvalue weighted by molar-refractivity contribution is 0.0841. The summed E-state index contributed by atoms with van der Waals surface area (Å²) in [5, 5.41) is 13.1. The van der Waals surface area contributed by atoms with Crippen LogP contribution in [0.15, 0.2) is 42.5 Å². The molecule has 2 N–H and O–H groups in total. The van der Waals surface area contributed by atoms with Crippen molar-refractivity contribution in [3.63, 3.8) is 0 Å². The maximum atomic E-state index is 12.3. The lowest BCUT2D eigenvalue weighted by Crippen LogP contribution is -2.42. The molecule has 1 atom stereocenters. The fraction of sp³-hybridized carbons (Fsp3) is 0.350. The first kappa shape index (κ1) is 16.9. The summed E-state index contributed by atoms with van der Waals surface area (Å²) in [6.07, 6.45) is 0.380. The van der Waals surface area contributed by atoms with E-state index in [1.165, 1.54) is 11.1 Å². The van der Waals surface area contributed by atoms with E-state index in [1.807, 2.05) is 6.07 Å². The van der Waals surface area contributed by atoms with Crippen LogP contribution in [0.3, 0.4) is 0 Å².